The van der Waals surface area contributed by atoms with E-state index in [1.807, 2.05) is 0 Å². The quantitative estimate of drug-likeness (QED) is 0.753. The van der Waals surface area contributed by atoms with Crippen LogP contribution in [-0.2, 0) is 0 Å². The first-order chi connectivity index (χ1) is 7.92. The number of nitrogens with zero attached hydrogens (tertiary/aromatic N) is 2. The molecule has 3 atom stereocenters. The second kappa shape index (κ2) is 4.87. The van der Waals surface area contributed by atoms with Crippen molar-refractivity contribution >= 4 is 0 Å². The van der Waals surface area contributed by atoms with E-state index in [2.05, 4.69) is 37.6 Å². The van der Waals surface area contributed by atoms with Gasteiger partial charge in [-0.1, -0.05) is 20.3 Å². The lowest BCUT2D eigenvalue weighted by atomic mass is 9.70. The SMILES string of the molecule is CC1CN(C2CCCC(C)(C)C2N)CCN1C. The van der Waals surface area contributed by atoms with Crippen LogP contribution in [0, 0.1) is 5.41 Å². The van der Waals surface area contributed by atoms with E-state index in [9.17, 15) is 0 Å². The molecule has 17 heavy (non-hydrogen) atoms. The summed E-state index contributed by atoms with van der Waals surface area (Å²) in [6.45, 7) is 10.6. The number of likely N-dealkylation sites (N-methyl/N-ethyl adjacent to an activating group) is 1. The minimum absolute atomic E-state index is 0.315. The van der Waals surface area contributed by atoms with Crippen LogP contribution in [0.15, 0.2) is 0 Å². The number of nitrogens with two attached hydrogens (primary N) is 1. The van der Waals surface area contributed by atoms with Gasteiger partial charge in [-0.3, -0.25) is 4.90 Å². The Morgan fingerprint density at radius 2 is 1.94 bits per heavy atom. The van der Waals surface area contributed by atoms with Crippen LogP contribution in [-0.4, -0.2) is 54.6 Å². The Bertz CT molecular complexity index is 264. The van der Waals surface area contributed by atoms with E-state index in [0.717, 1.165) is 0 Å². The first kappa shape index (κ1) is 13.3. The van der Waals surface area contributed by atoms with Gasteiger partial charge in [0.05, 0.1) is 0 Å². The average molecular weight is 239 g/mol. The summed E-state index contributed by atoms with van der Waals surface area (Å²) >= 11 is 0. The molecule has 2 N–H and O–H groups in total. The molecule has 0 aromatic carbocycles. The van der Waals surface area contributed by atoms with Gasteiger partial charge in [-0.2, -0.15) is 0 Å². The van der Waals surface area contributed by atoms with E-state index in [-0.39, 0.29) is 0 Å². The zero-order valence-corrected chi connectivity index (χ0v) is 11.9. The summed E-state index contributed by atoms with van der Waals surface area (Å²) in [6, 6.07) is 1.61. The number of hydrogen-bond donors (Lipinski definition) is 1. The van der Waals surface area contributed by atoms with Crippen molar-refractivity contribution in [2.75, 3.05) is 26.7 Å². The molecule has 1 saturated carbocycles. The van der Waals surface area contributed by atoms with Gasteiger partial charge in [0.25, 0.3) is 0 Å². The fourth-order valence-electron chi connectivity index (χ4n) is 3.42. The largest absolute Gasteiger partial charge is 0.326 e. The topological polar surface area (TPSA) is 32.5 Å². The molecule has 2 aliphatic rings. The van der Waals surface area contributed by atoms with Gasteiger partial charge in [0.1, 0.15) is 0 Å². The second-order valence-electron chi connectivity index (χ2n) is 6.80. The lowest BCUT2D eigenvalue weighted by molar-refractivity contribution is 0.0180. The summed E-state index contributed by atoms with van der Waals surface area (Å²) in [6.07, 6.45) is 3.92. The Balaban J connectivity index is 2.02. The highest BCUT2D eigenvalue weighted by atomic mass is 15.3. The lowest BCUT2D eigenvalue weighted by Gasteiger charge is -2.50. The van der Waals surface area contributed by atoms with Crippen LogP contribution < -0.4 is 5.73 Å². The van der Waals surface area contributed by atoms with Crippen LogP contribution in [0.4, 0.5) is 0 Å². The molecule has 3 unspecified atom stereocenters. The zero-order chi connectivity index (χ0) is 12.6. The van der Waals surface area contributed by atoms with Crippen molar-refractivity contribution in [3.8, 4) is 0 Å². The molecule has 1 aliphatic carbocycles. The molecule has 0 aromatic rings. The first-order valence-corrected chi connectivity index (χ1v) is 7.12. The predicted molar refractivity (Wildman–Crippen MR) is 73.1 cm³/mol. The van der Waals surface area contributed by atoms with Gasteiger partial charge in [0.15, 0.2) is 0 Å². The monoisotopic (exact) mass is 239 g/mol. The van der Waals surface area contributed by atoms with E-state index in [0.29, 0.717) is 23.5 Å². The second-order valence-corrected chi connectivity index (χ2v) is 6.80. The van der Waals surface area contributed by atoms with E-state index in [1.165, 1.54) is 38.9 Å². The molecule has 2 fully saturated rings. The number of piperazine rings is 1. The minimum Gasteiger partial charge on any atom is -0.326 e. The first-order valence-electron chi connectivity index (χ1n) is 7.12. The Labute approximate surface area is 106 Å². The fraction of sp³-hybridized carbons (Fsp3) is 1.00. The molecule has 1 aliphatic heterocycles. The summed E-state index contributed by atoms with van der Waals surface area (Å²) in [7, 11) is 2.23. The van der Waals surface area contributed by atoms with Gasteiger partial charge in [-0.05, 0) is 32.2 Å². The Hall–Kier alpha value is -0.120. The maximum atomic E-state index is 6.51. The molecule has 1 saturated heterocycles. The zero-order valence-electron chi connectivity index (χ0n) is 11.9. The molecular formula is C14H29N3. The Morgan fingerprint density at radius 3 is 2.59 bits per heavy atom. The van der Waals surface area contributed by atoms with Crippen molar-refractivity contribution in [2.45, 2.75) is 58.2 Å². The molecule has 0 radical (unpaired) electrons. The van der Waals surface area contributed by atoms with E-state index < -0.39 is 0 Å². The molecule has 0 spiro atoms. The van der Waals surface area contributed by atoms with Gasteiger partial charge >= 0.3 is 0 Å². The fourth-order valence-corrected chi connectivity index (χ4v) is 3.42. The molecule has 3 heteroatoms. The Morgan fingerprint density at radius 1 is 1.24 bits per heavy atom. The number of hydrogen-bond acceptors (Lipinski definition) is 3. The average Bonchev–Trinajstić information content (AvgIpc) is 2.26. The number of rotatable bonds is 1. The van der Waals surface area contributed by atoms with Gasteiger partial charge < -0.3 is 10.6 Å². The maximum absolute atomic E-state index is 6.51. The molecule has 0 amide bonds. The summed E-state index contributed by atoms with van der Waals surface area (Å²) < 4.78 is 0. The van der Waals surface area contributed by atoms with Gasteiger partial charge in [0.2, 0.25) is 0 Å². The normalized spacial score (nSPS) is 40.4. The summed E-state index contributed by atoms with van der Waals surface area (Å²) in [4.78, 5) is 5.10. The van der Waals surface area contributed by atoms with E-state index in [4.69, 9.17) is 5.73 Å². The maximum Gasteiger partial charge on any atom is 0.0253 e. The summed E-state index contributed by atoms with van der Waals surface area (Å²) in [5, 5.41) is 0. The molecule has 0 bridgehead atoms. The summed E-state index contributed by atoms with van der Waals surface area (Å²) in [5.41, 5.74) is 6.83. The van der Waals surface area contributed by atoms with Crippen molar-refractivity contribution in [3.05, 3.63) is 0 Å². The molecule has 2 rings (SSSR count). The van der Waals surface area contributed by atoms with E-state index in [1.54, 1.807) is 0 Å². The molecule has 0 aromatic heterocycles. The third-order valence-corrected chi connectivity index (χ3v) is 5.10. The van der Waals surface area contributed by atoms with Crippen molar-refractivity contribution in [1.82, 2.24) is 9.80 Å². The van der Waals surface area contributed by atoms with Crippen LogP contribution >= 0.6 is 0 Å². The highest BCUT2D eigenvalue weighted by Gasteiger charge is 2.40. The smallest absolute Gasteiger partial charge is 0.0253 e. The third-order valence-electron chi connectivity index (χ3n) is 5.10. The van der Waals surface area contributed by atoms with Gasteiger partial charge in [0, 0.05) is 37.8 Å². The van der Waals surface area contributed by atoms with Crippen molar-refractivity contribution in [1.29, 1.82) is 0 Å². The van der Waals surface area contributed by atoms with Crippen LogP contribution in [0.1, 0.15) is 40.0 Å². The molecule has 3 nitrogen and oxygen atoms in total. The minimum atomic E-state index is 0.315. The summed E-state index contributed by atoms with van der Waals surface area (Å²) in [5.74, 6) is 0. The Kier molecular flexibility index (Phi) is 3.81. The van der Waals surface area contributed by atoms with Crippen LogP contribution in [0.25, 0.3) is 0 Å². The van der Waals surface area contributed by atoms with Crippen LogP contribution in [0.3, 0.4) is 0 Å². The van der Waals surface area contributed by atoms with Gasteiger partial charge in [-0.15, -0.1) is 0 Å². The molecule has 1 heterocycles. The highest BCUT2D eigenvalue weighted by molar-refractivity contribution is 4.97. The highest BCUT2D eigenvalue weighted by Crippen LogP contribution is 2.36. The molecular weight excluding hydrogens is 210 g/mol. The van der Waals surface area contributed by atoms with Crippen LogP contribution in [0.5, 0.6) is 0 Å². The van der Waals surface area contributed by atoms with Crippen molar-refractivity contribution < 1.29 is 0 Å². The lowest BCUT2D eigenvalue weighted by Crippen LogP contribution is -2.62. The predicted octanol–water partition coefficient (Wildman–Crippen LogP) is 1.53. The van der Waals surface area contributed by atoms with Crippen LogP contribution in [0.2, 0.25) is 0 Å². The van der Waals surface area contributed by atoms with E-state index >= 15 is 0 Å². The van der Waals surface area contributed by atoms with Crippen molar-refractivity contribution in [3.63, 3.8) is 0 Å². The standard InChI is InChI=1S/C14H29N3/c1-11-10-17(9-8-16(11)4)12-6-5-7-14(2,3)13(12)15/h11-13H,5-10,15H2,1-4H3. The molecule has 100 valence electrons. The van der Waals surface area contributed by atoms with Crippen molar-refractivity contribution in [2.24, 2.45) is 11.1 Å². The third kappa shape index (κ3) is 2.67. The van der Waals surface area contributed by atoms with Gasteiger partial charge in [-0.25, -0.2) is 0 Å².